The first-order chi connectivity index (χ1) is 9.27. The van der Waals surface area contributed by atoms with E-state index in [9.17, 15) is 10.2 Å². The lowest BCUT2D eigenvalue weighted by atomic mass is 10.1. The van der Waals surface area contributed by atoms with Crippen LogP contribution in [0.3, 0.4) is 0 Å². The summed E-state index contributed by atoms with van der Waals surface area (Å²) in [5, 5.41) is 14.2. The van der Waals surface area contributed by atoms with Crippen molar-refractivity contribution in [3.8, 4) is 6.07 Å². The molecule has 0 spiro atoms. The van der Waals surface area contributed by atoms with E-state index in [1.165, 1.54) is 25.7 Å². The summed E-state index contributed by atoms with van der Waals surface area (Å²) >= 11 is 0. The largest absolute Gasteiger partial charge is 0.266 e. The van der Waals surface area contributed by atoms with Crippen molar-refractivity contribution in [3.63, 3.8) is 0 Å². The minimum atomic E-state index is -0.0509. The lowest BCUT2D eigenvalue weighted by Gasteiger charge is -2.37. The van der Waals surface area contributed by atoms with Gasteiger partial charge in [-0.3, -0.25) is 4.90 Å². The number of nitrogens with zero attached hydrogens (tertiary/aromatic N) is 4. The molecular formula is C14H24N4O. The molecule has 1 heterocycles. The summed E-state index contributed by atoms with van der Waals surface area (Å²) in [6, 6.07) is 2.55. The molecule has 1 aliphatic heterocycles. The van der Waals surface area contributed by atoms with Crippen molar-refractivity contribution in [2.24, 2.45) is 5.29 Å². The van der Waals surface area contributed by atoms with Gasteiger partial charge in [-0.25, -0.2) is 5.01 Å². The average molecular weight is 264 g/mol. The molecule has 1 saturated heterocycles. The summed E-state index contributed by atoms with van der Waals surface area (Å²) in [4.78, 5) is 13.4. The molecule has 5 heteroatoms. The summed E-state index contributed by atoms with van der Waals surface area (Å²) in [6.07, 6.45) is 8.92. The van der Waals surface area contributed by atoms with Crippen molar-refractivity contribution in [2.75, 3.05) is 6.54 Å². The van der Waals surface area contributed by atoms with Crippen LogP contribution in [0.25, 0.3) is 0 Å². The fourth-order valence-corrected chi connectivity index (χ4v) is 3.49. The van der Waals surface area contributed by atoms with Crippen LogP contribution < -0.4 is 0 Å². The highest BCUT2D eigenvalue weighted by atomic mass is 16.3. The second kappa shape index (κ2) is 6.85. The topological polar surface area (TPSA) is 59.7 Å². The van der Waals surface area contributed by atoms with Gasteiger partial charge < -0.3 is 0 Å². The predicted molar refractivity (Wildman–Crippen MR) is 73.9 cm³/mol. The minimum absolute atomic E-state index is 0.0484. The number of hydrogen-bond donors (Lipinski definition) is 0. The van der Waals surface area contributed by atoms with Gasteiger partial charge in [0.1, 0.15) is 6.17 Å². The minimum Gasteiger partial charge on any atom is -0.266 e. The van der Waals surface area contributed by atoms with E-state index in [0.717, 1.165) is 32.2 Å². The quantitative estimate of drug-likeness (QED) is 0.445. The van der Waals surface area contributed by atoms with Crippen LogP contribution in [0.5, 0.6) is 0 Å². The van der Waals surface area contributed by atoms with E-state index in [1.54, 1.807) is 5.01 Å². The van der Waals surface area contributed by atoms with Gasteiger partial charge in [0.05, 0.1) is 23.4 Å². The van der Waals surface area contributed by atoms with Crippen LogP contribution in [0.2, 0.25) is 0 Å². The summed E-state index contributed by atoms with van der Waals surface area (Å²) in [5.74, 6) is 0. The Bertz CT molecular complexity index is 333. The first-order valence-corrected chi connectivity index (χ1v) is 7.55. The maximum absolute atomic E-state index is 11.3. The van der Waals surface area contributed by atoms with E-state index >= 15 is 0 Å². The molecule has 0 amide bonds. The molecule has 0 aromatic heterocycles. The lowest BCUT2D eigenvalue weighted by molar-refractivity contribution is 0.0202. The fraction of sp³-hybridized carbons (Fsp3) is 0.929. The number of rotatable bonds is 4. The molecule has 1 aliphatic carbocycles. The Labute approximate surface area is 115 Å². The smallest absolute Gasteiger partial charge is 0.101 e. The summed E-state index contributed by atoms with van der Waals surface area (Å²) < 4.78 is 0. The number of nitroso groups, excluding NO2 is 1. The molecule has 0 aromatic carbocycles. The zero-order valence-corrected chi connectivity index (χ0v) is 11.8. The monoisotopic (exact) mass is 264 g/mol. The Kier molecular flexibility index (Phi) is 5.15. The van der Waals surface area contributed by atoms with Crippen LogP contribution >= 0.6 is 0 Å². The second-order valence-electron chi connectivity index (χ2n) is 5.76. The van der Waals surface area contributed by atoms with Gasteiger partial charge in [-0.05, 0) is 32.6 Å². The Balaban J connectivity index is 2.03. The van der Waals surface area contributed by atoms with Crippen molar-refractivity contribution in [1.82, 2.24) is 9.91 Å². The molecule has 19 heavy (non-hydrogen) atoms. The third kappa shape index (κ3) is 3.24. The van der Waals surface area contributed by atoms with Gasteiger partial charge in [0.15, 0.2) is 0 Å². The molecule has 0 aromatic rings. The van der Waals surface area contributed by atoms with Crippen molar-refractivity contribution in [2.45, 2.75) is 76.5 Å². The van der Waals surface area contributed by atoms with Crippen molar-refractivity contribution in [3.05, 3.63) is 4.91 Å². The second-order valence-corrected chi connectivity index (χ2v) is 5.76. The van der Waals surface area contributed by atoms with Gasteiger partial charge in [-0.15, -0.1) is 4.91 Å². The summed E-state index contributed by atoms with van der Waals surface area (Å²) in [7, 11) is 0. The Morgan fingerprint density at radius 2 is 1.89 bits per heavy atom. The molecule has 2 fully saturated rings. The summed E-state index contributed by atoms with van der Waals surface area (Å²) in [5.41, 5.74) is 0. The fourth-order valence-electron chi connectivity index (χ4n) is 3.49. The van der Waals surface area contributed by atoms with E-state index in [2.05, 4.69) is 16.3 Å². The SMILES string of the molecule is CC(N1CCCC1C#N)N(N=O)C1CCCCCC1. The third-order valence-corrected chi connectivity index (χ3v) is 4.60. The van der Waals surface area contributed by atoms with E-state index in [4.69, 9.17) is 0 Å². The van der Waals surface area contributed by atoms with Crippen LogP contribution in [-0.2, 0) is 0 Å². The zero-order chi connectivity index (χ0) is 13.7. The van der Waals surface area contributed by atoms with Gasteiger partial charge in [0, 0.05) is 6.54 Å². The van der Waals surface area contributed by atoms with Crippen LogP contribution in [0.15, 0.2) is 5.29 Å². The highest BCUT2D eigenvalue weighted by molar-refractivity contribution is 4.97. The van der Waals surface area contributed by atoms with E-state index in [0.29, 0.717) is 0 Å². The zero-order valence-electron chi connectivity index (χ0n) is 11.8. The van der Waals surface area contributed by atoms with Crippen LogP contribution in [0.1, 0.15) is 58.3 Å². The highest BCUT2D eigenvalue weighted by Gasteiger charge is 2.34. The number of nitriles is 1. The molecule has 2 atom stereocenters. The standard InChI is InChI=1S/C14H24N4O/c1-12(17-10-6-9-14(17)11-15)18(16-19)13-7-4-2-3-5-8-13/h12-14H,2-10H2,1H3. The first kappa shape index (κ1) is 14.3. The molecule has 5 nitrogen and oxygen atoms in total. The van der Waals surface area contributed by atoms with E-state index < -0.39 is 0 Å². The molecule has 2 unspecified atom stereocenters. The van der Waals surface area contributed by atoms with Gasteiger partial charge >= 0.3 is 0 Å². The Morgan fingerprint density at radius 1 is 1.21 bits per heavy atom. The lowest BCUT2D eigenvalue weighted by Crippen LogP contribution is -2.49. The van der Waals surface area contributed by atoms with Crippen molar-refractivity contribution < 1.29 is 0 Å². The van der Waals surface area contributed by atoms with Crippen molar-refractivity contribution >= 4 is 0 Å². The average Bonchev–Trinajstić information content (AvgIpc) is 2.75. The Morgan fingerprint density at radius 3 is 2.47 bits per heavy atom. The van der Waals surface area contributed by atoms with Gasteiger partial charge in [0.2, 0.25) is 0 Å². The molecule has 2 aliphatic rings. The van der Waals surface area contributed by atoms with Crippen LogP contribution in [0, 0.1) is 16.2 Å². The highest BCUT2D eigenvalue weighted by Crippen LogP contribution is 2.27. The van der Waals surface area contributed by atoms with E-state index in [-0.39, 0.29) is 18.2 Å². The maximum atomic E-state index is 11.3. The van der Waals surface area contributed by atoms with Gasteiger partial charge in [-0.2, -0.15) is 5.26 Å². The molecule has 0 bridgehead atoms. The number of likely N-dealkylation sites (tertiary alicyclic amines) is 1. The molecule has 0 N–H and O–H groups in total. The normalized spacial score (nSPS) is 27.5. The van der Waals surface area contributed by atoms with Gasteiger partial charge in [-0.1, -0.05) is 25.7 Å². The Hall–Kier alpha value is -1.15. The van der Waals surface area contributed by atoms with E-state index in [1.807, 2.05) is 6.92 Å². The molecular weight excluding hydrogens is 240 g/mol. The van der Waals surface area contributed by atoms with Crippen LogP contribution in [0.4, 0.5) is 0 Å². The molecule has 1 saturated carbocycles. The summed E-state index contributed by atoms with van der Waals surface area (Å²) in [6.45, 7) is 2.92. The van der Waals surface area contributed by atoms with Crippen molar-refractivity contribution in [1.29, 1.82) is 5.26 Å². The molecule has 106 valence electrons. The predicted octanol–water partition coefficient (Wildman–Crippen LogP) is 3.03. The number of hydrogen-bond acceptors (Lipinski definition) is 4. The third-order valence-electron chi connectivity index (χ3n) is 4.60. The van der Waals surface area contributed by atoms with Gasteiger partial charge in [0.25, 0.3) is 0 Å². The van der Waals surface area contributed by atoms with Crippen LogP contribution in [-0.4, -0.2) is 34.7 Å². The maximum Gasteiger partial charge on any atom is 0.101 e. The molecule has 0 radical (unpaired) electrons. The molecule has 2 rings (SSSR count). The first-order valence-electron chi connectivity index (χ1n) is 7.55.